The summed E-state index contributed by atoms with van der Waals surface area (Å²) in [4.78, 5) is 34.1. The maximum atomic E-state index is 13.8. The molecule has 200 valence electrons. The minimum atomic E-state index is -0.662. The van der Waals surface area contributed by atoms with Crippen molar-refractivity contribution in [2.45, 2.75) is 26.8 Å². The highest BCUT2D eigenvalue weighted by Crippen LogP contribution is 2.37. The number of nitrogens with zero attached hydrogens (tertiary/aromatic N) is 3. The second-order valence-electron chi connectivity index (χ2n) is 8.76. The second-order valence-corrected chi connectivity index (χ2v) is 10.6. The summed E-state index contributed by atoms with van der Waals surface area (Å²) < 4.78 is 19.4. The van der Waals surface area contributed by atoms with Crippen LogP contribution in [0.4, 0.5) is 5.69 Å². The molecule has 0 radical (unpaired) electrons. The Morgan fingerprint density at radius 3 is 2.50 bits per heavy atom. The van der Waals surface area contributed by atoms with Crippen molar-refractivity contribution in [3.8, 4) is 11.5 Å². The number of benzene rings is 2. The van der Waals surface area contributed by atoms with Gasteiger partial charge in [0.2, 0.25) is 0 Å². The lowest BCUT2D eigenvalue weighted by Crippen LogP contribution is -2.39. The van der Waals surface area contributed by atoms with E-state index in [1.165, 1.54) is 11.3 Å². The molecule has 2 heterocycles. The molecule has 0 saturated carbocycles. The summed E-state index contributed by atoms with van der Waals surface area (Å²) in [6.07, 6.45) is 1.79. The Labute approximate surface area is 233 Å². The normalized spacial score (nSPS) is 15.1. The third-order valence-corrected chi connectivity index (χ3v) is 7.65. The SMILES string of the molecule is CCOC(=O)C1=C(C)N=c2s/c(=C\c3cc(Br)c(OCC)c(OC)c3)c(=O)n2[C@H]1c1ccc(N(C)C)cc1. The largest absolute Gasteiger partial charge is 0.493 e. The third kappa shape index (κ3) is 5.28. The molecule has 2 aromatic carbocycles. The van der Waals surface area contributed by atoms with Crippen LogP contribution in [0.15, 0.2) is 61.9 Å². The van der Waals surface area contributed by atoms with E-state index in [9.17, 15) is 9.59 Å². The molecule has 0 unspecified atom stereocenters. The van der Waals surface area contributed by atoms with Gasteiger partial charge in [-0.25, -0.2) is 9.79 Å². The number of aromatic nitrogens is 1. The standard InChI is InChI=1S/C28H30BrN3O5S/c1-7-36-25-20(29)13-17(14-21(25)35-6)15-22-26(33)32-24(18-9-11-19(12-10-18)31(4)5)23(27(34)37-8-2)16(3)30-28(32)38-22/h9-15,24H,7-8H2,1-6H3/b22-15-/t24-/m0/s1. The number of thiazole rings is 1. The van der Waals surface area contributed by atoms with E-state index in [1.54, 1.807) is 31.6 Å². The third-order valence-electron chi connectivity index (χ3n) is 6.08. The van der Waals surface area contributed by atoms with Crippen molar-refractivity contribution in [1.82, 2.24) is 4.57 Å². The van der Waals surface area contributed by atoms with Gasteiger partial charge in [-0.3, -0.25) is 9.36 Å². The molecule has 1 aliphatic rings. The summed E-state index contributed by atoms with van der Waals surface area (Å²) in [5, 5.41) is 0. The molecule has 1 atom stereocenters. The number of rotatable bonds is 8. The van der Waals surface area contributed by atoms with Crippen molar-refractivity contribution in [2.75, 3.05) is 39.3 Å². The number of allylic oxidation sites excluding steroid dienone is 1. The Kier molecular flexibility index (Phi) is 8.42. The summed E-state index contributed by atoms with van der Waals surface area (Å²) in [6, 6.07) is 10.8. The Balaban J connectivity index is 1.91. The van der Waals surface area contributed by atoms with Gasteiger partial charge in [0.25, 0.3) is 5.56 Å². The predicted octanol–water partition coefficient (Wildman–Crippen LogP) is 4.03. The fourth-order valence-electron chi connectivity index (χ4n) is 4.32. The quantitative estimate of drug-likeness (QED) is 0.364. The monoisotopic (exact) mass is 599 g/mol. The van der Waals surface area contributed by atoms with E-state index in [0.717, 1.165) is 21.3 Å². The van der Waals surface area contributed by atoms with Crippen LogP contribution in [0.1, 0.15) is 37.9 Å². The zero-order valence-electron chi connectivity index (χ0n) is 22.2. The summed E-state index contributed by atoms with van der Waals surface area (Å²) in [5.41, 5.74) is 3.21. The summed E-state index contributed by atoms with van der Waals surface area (Å²) in [5.74, 6) is 0.675. The number of hydrogen-bond acceptors (Lipinski definition) is 8. The number of ether oxygens (including phenoxy) is 3. The van der Waals surface area contributed by atoms with Crippen LogP contribution in [0.5, 0.6) is 11.5 Å². The summed E-state index contributed by atoms with van der Waals surface area (Å²) in [7, 11) is 5.49. The van der Waals surface area contributed by atoms with Crippen LogP contribution in [0.2, 0.25) is 0 Å². The van der Waals surface area contributed by atoms with E-state index in [0.29, 0.717) is 38.7 Å². The highest BCUT2D eigenvalue weighted by molar-refractivity contribution is 9.10. The van der Waals surface area contributed by atoms with Crippen molar-refractivity contribution in [3.63, 3.8) is 0 Å². The van der Waals surface area contributed by atoms with E-state index < -0.39 is 12.0 Å². The molecule has 8 nitrogen and oxygen atoms in total. The van der Waals surface area contributed by atoms with E-state index >= 15 is 0 Å². The molecule has 0 N–H and O–H groups in total. The number of fused-ring (bicyclic) bond motifs is 1. The molecule has 0 spiro atoms. The van der Waals surface area contributed by atoms with E-state index in [-0.39, 0.29) is 12.2 Å². The minimum absolute atomic E-state index is 0.223. The first-order valence-corrected chi connectivity index (χ1v) is 13.8. The van der Waals surface area contributed by atoms with Crippen LogP contribution in [-0.2, 0) is 9.53 Å². The van der Waals surface area contributed by atoms with E-state index in [2.05, 4.69) is 20.9 Å². The predicted molar refractivity (Wildman–Crippen MR) is 153 cm³/mol. The summed E-state index contributed by atoms with van der Waals surface area (Å²) >= 11 is 4.82. The van der Waals surface area contributed by atoms with Gasteiger partial charge in [-0.1, -0.05) is 23.5 Å². The van der Waals surface area contributed by atoms with Gasteiger partial charge >= 0.3 is 5.97 Å². The Morgan fingerprint density at radius 2 is 1.89 bits per heavy atom. The average molecular weight is 601 g/mol. The van der Waals surface area contributed by atoms with Gasteiger partial charge in [-0.15, -0.1) is 0 Å². The van der Waals surface area contributed by atoms with E-state index in [1.807, 2.05) is 62.3 Å². The number of esters is 1. The molecule has 0 saturated heterocycles. The van der Waals surface area contributed by atoms with Gasteiger partial charge < -0.3 is 19.1 Å². The van der Waals surface area contributed by atoms with Crippen molar-refractivity contribution >= 4 is 45.0 Å². The molecule has 1 aromatic heterocycles. The van der Waals surface area contributed by atoms with Crippen molar-refractivity contribution in [3.05, 3.63) is 83.0 Å². The number of carbonyl (C=O) groups excluding carboxylic acids is 1. The molecule has 38 heavy (non-hydrogen) atoms. The Hall–Kier alpha value is -3.37. The van der Waals surface area contributed by atoms with Crippen molar-refractivity contribution < 1.29 is 19.0 Å². The molecule has 3 aromatic rings. The van der Waals surface area contributed by atoms with Crippen LogP contribution in [0, 0.1) is 0 Å². The topological polar surface area (TPSA) is 82.4 Å². The van der Waals surface area contributed by atoms with Gasteiger partial charge in [-0.05, 0) is 78.2 Å². The first-order valence-electron chi connectivity index (χ1n) is 12.2. The molecule has 4 rings (SSSR count). The molecular weight excluding hydrogens is 570 g/mol. The van der Waals surface area contributed by atoms with Crippen LogP contribution < -0.4 is 29.3 Å². The molecule has 10 heteroatoms. The van der Waals surface area contributed by atoms with Gasteiger partial charge in [0, 0.05) is 19.8 Å². The number of carbonyl (C=O) groups is 1. The molecule has 0 bridgehead atoms. The number of halogens is 1. The number of anilines is 1. The maximum Gasteiger partial charge on any atom is 0.338 e. The molecule has 0 fully saturated rings. The zero-order valence-corrected chi connectivity index (χ0v) is 24.6. The first-order chi connectivity index (χ1) is 18.2. The van der Waals surface area contributed by atoms with E-state index in [4.69, 9.17) is 14.2 Å². The average Bonchev–Trinajstić information content (AvgIpc) is 3.18. The molecular formula is C28H30BrN3O5S. The van der Waals surface area contributed by atoms with Gasteiger partial charge in [-0.2, -0.15) is 0 Å². The zero-order chi connectivity index (χ0) is 27.6. The lowest BCUT2D eigenvalue weighted by atomic mass is 9.95. The molecule has 0 amide bonds. The Bertz CT molecular complexity index is 1570. The van der Waals surface area contributed by atoms with Crippen molar-refractivity contribution in [2.24, 2.45) is 4.99 Å². The smallest absolute Gasteiger partial charge is 0.338 e. The first kappa shape index (κ1) is 27.7. The fraction of sp³-hybridized carbons (Fsp3) is 0.321. The van der Waals surface area contributed by atoms with Crippen LogP contribution >= 0.6 is 27.3 Å². The highest BCUT2D eigenvalue weighted by atomic mass is 79.9. The minimum Gasteiger partial charge on any atom is -0.493 e. The van der Waals surface area contributed by atoms with Crippen LogP contribution in [0.3, 0.4) is 0 Å². The highest BCUT2D eigenvalue weighted by Gasteiger charge is 2.33. The molecule has 1 aliphatic heterocycles. The van der Waals surface area contributed by atoms with Gasteiger partial charge in [0.05, 0.1) is 46.6 Å². The summed E-state index contributed by atoms with van der Waals surface area (Å²) in [6.45, 7) is 6.15. The maximum absolute atomic E-state index is 13.8. The van der Waals surface area contributed by atoms with Crippen LogP contribution in [-0.4, -0.2) is 45.0 Å². The second kappa shape index (κ2) is 11.6. The number of methoxy groups -OCH3 is 1. The molecule has 0 aliphatic carbocycles. The van der Waals surface area contributed by atoms with Gasteiger partial charge in [0.15, 0.2) is 16.3 Å². The van der Waals surface area contributed by atoms with Crippen LogP contribution in [0.25, 0.3) is 6.08 Å². The lowest BCUT2D eigenvalue weighted by Gasteiger charge is -2.25. The van der Waals surface area contributed by atoms with Gasteiger partial charge in [0.1, 0.15) is 0 Å². The fourth-order valence-corrected chi connectivity index (χ4v) is 5.94. The van der Waals surface area contributed by atoms with Crippen molar-refractivity contribution in [1.29, 1.82) is 0 Å². The number of hydrogen-bond donors (Lipinski definition) is 0. The lowest BCUT2D eigenvalue weighted by molar-refractivity contribution is -0.139. The Morgan fingerprint density at radius 1 is 1.18 bits per heavy atom.